The van der Waals surface area contributed by atoms with Crippen molar-refractivity contribution in [3.05, 3.63) is 18.0 Å². The predicted octanol–water partition coefficient (Wildman–Crippen LogP) is 1.13. The van der Waals surface area contributed by atoms with Crippen LogP contribution in [0.4, 0.5) is 0 Å². The van der Waals surface area contributed by atoms with Gasteiger partial charge in [-0.25, -0.2) is 0 Å². The fourth-order valence-corrected chi connectivity index (χ4v) is 2.54. The third-order valence-electron chi connectivity index (χ3n) is 3.80. The van der Waals surface area contributed by atoms with Gasteiger partial charge in [0, 0.05) is 24.3 Å². The van der Waals surface area contributed by atoms with Gasteiger partial charge in [-0.1, -0.05) is 0 Å². The van der Waals surface area contributed by atoms with Gasteiger partial charge in [0.05, 0.1) is 11.6 Å². The zero-order valence-corrected chi connectivity index (χ0v) is 10.1. The average Bonchev–Trinajstić information content (AvgIpc) is 2.79. The highest BCUT2D eigenvalue weighted by atomic mass is 16.4. The lowest BCUT2D eigenvalue weighted by Gasteiger charge is -2.34. The summed E-state index contributed by atoms with van der Waals surface area (Å²) < 4.78 is 1.77. The van der Waals surface area contributed by atoms with E-state index in [0.717, 1.165) is 24.9 Å². The number of nitrogens with zero attached hydrogens (tertiary/aromatic N) is 2. The molecular formula is C12H19N3O2. The molecule has 5 heteroatoms. The Morgan fingerprint density at radius 2 is 2.29 bits per heavy atom. The average molecular weight is 237 g/mol. The minimum Gasteiger partial charge on any atom is -0.481 e. The molecular weight excluding hydrogens is 218 g/mol. The monoisotopic (exact) mass is 237 g/mol. The van der Waals surface area contributed by atoms with Crippen LogP contribution in [0, 0.1) is 0 Å². The first-order valence-corrected chi connectivity index (χ1v) is 6.10. The molecule has 1 heterocycles. The summed E-state index contributed by atoms with van der Waals surface area (Å²) in [4.78, 5) is 11.6. The number of rotatable bonds is 3. The molecule has 0 spiro atoms. The normalized spacial score (nSPS) is 29.2. The molecule has 0 atom stereocenters. The molecule has 0 bridgehead atoms. The van der Waals surface area contributed by atoms with Gasteiger partial charge in [-0.3, -0.25) is 9.48 Å². The number of aromatic nitrogens is 2. The van der Waals surface area contributed by atoms with Crippen molar-refractivity contribution in [2.45, 2.75) is 50.6 Å². The molecule has 1 aromatic heterocycles. The van der Waals surface area contributed by atoms with E-state index in [2.05, 4.69) is 5.10 Å². The zero-order chi connectivity index (χ0) is 12.5. The number of carboxylic acids is 1. The van der Waals surface area contributed by atoms with E-state index in [4.69, 9.17) is 5.73 Å². The van der Waals surface area contributed by atoms with Crippen molar-refractivity contribution in [3.8, 4) is 0 Å². The van der Waals surface area contributed by atoms with Gasteiger partial charge < -0.3 is 10.8 Å². The molecule has 1 saturated carbocycles. The molecule has 1 aliphatic carbocycles. The maximum atomic E-state index is 11.6. The summed E-state index contributed by atoms with van der Waals surface area (Å²) in [5.41, 5.74) is 5.90. The lowest BCUT2D eigenvalue weighted by Crippen LogP contribution is -2.42. The smallest absolute Gasteiger partial charge is 0.314 e. The number of nitrogens with two attached hydrogens (primary N) is 1. The van der Waals surface area contributed by atoms with Crippen LogP contribution in [0.3, 0.4) is 0 Å². The minimum atomic E-state index is -0.775. The summed E-state index contributed by atoms with van der Waals surface area (Å²) in [6.07, 6.45) is 6.30. The second-order valence-corrected chi connectivity index (χ2v) is 4.81. The third kappa shape index (κ3) is 2.07. The highest BCUT2D eigenvalue weighted by Gasteiger charge is 2.43. The summed E-state index contributed by atoms with van der Waals surface area (Å²) in [6, 6.07) is 0.142. The molecule has 94 valence electrons. The Hall–Kier alpha value is -1.36. The van der Waals surface area contributed by atoms with Gasteiger partial charge in [0.15, 0.2) is 0 Å². The van der Waals surface area contributed by atoms with E-state index in [0.29, 0.717) is 12.8 Å². The van der Waals surface area contributed by atoms with Crippen molar-refractivity contribution >= 4 is 5.97 Å². The third-order valence-corrected chi connectivity index (χ3v) is 3.80. The molecule has 1 aliphatic rings. The fraction of sp³-hybridized carbons (Fsp3) is 0.667. The number of aryl methyl sites for hydroxylation is 1. The summed E-state index contributed by atoms with van der Waals surface area (Å²) >= 11 is 0. The van der Waals surface area contributed by atoms with Crippen LogP contribution in [0.5, 0.6) is 0 Å². The van der Waals surface area contributed by atoms with Gasteiger partial charge in [0.1, 0.15) is 0 Å². The number of hydrogen-bond acceptors (Lipinski definition) is 3. The Morgan fingerprint density at radius 1 is 1.65 bits per heavy atom. The van der Waals surface area contributed by atoms with Crippen LogP contribution in [-0.4, -0.2) is 26.9 Å². The molecule has 1 aromatic rings. The van der Waals surface area contributed by atoms with Crippen LogP contribution < -0.4 is 5.73 Å². The molecule has 5 nitrogen and oxygen atoms in total. The van der Waals surface area contributed by atoms with Crippen LogP contribution in [-0.2, 0) is 16.8 Å². The highest BCUT2D eigenvalue weighted by molar-refractivity contribution is 5.81. The minimum absolute atomic E-state index is 0.142. The molecule has 1 fully saturated rings. The fourth-order valence-electron chi connectivity index (χ4n) is 2.54. The standard InChI is InChI=1S/C12H19N3O2/c1-2-15-8-9(7-14-15)12(11(16)17)5-3-10(13)4-6-12/h7-8,10H,2-6,13H2,1H3,(H,16,17). The van der Waals surface area contributed by atoms with Gasteiger partial charge in [0.2, 0.25) is 0 Å². The second-order valence-electron chi connectivity index (χ2n) is 4.81. The first-order valence-electron chi connectivity index (χ1n) is 6.10. The van der Waals surface area contributed by atoms with Gasteiger partial charge in [-0.05, 0) is 32.6 Å². The quantitative estimate of drug-likeness (QED) is 0.825. The SMILES string of the molecule is CCn1cc(C2(C(=O)O)CCC(N)CC2)cn1. The Kier molecular flexibility index (Phi) is 3.19. The molecule has 0 aromatic carbocycles. The van der Waals surface area contributed by atoms with Crippen molar-refractivity contribution in [2.75, 3.05) is 0 Å². The van der Waals surface area contributed by atoms with Crippen molar-refractivity contribution in [2.24, 2.45) is 5.73 Å². The van der Waals surface area contributed by atoms with Gasteiger partial charge in [-0.2, -0.15) is 5.10 Å². The maximum absolute atomic E-state index is 11.6. The summed E-state index contributed by atoms with van der Waals surface area (Å²) in [6.45, 7) is 2.75. The zero-order valence-electron chi connectivity index (χ0n) is 10.1. The van der Waals surface area contributed by atoms with E-state index < -0.39 is 11.4 Å². The van der Waals surface area contributed by atoms with Crippen molar-refractivity contribution < 1.29 is 9.90 Å². The Bertz CT molecular complexity index is 406. The molecule has 0 saturated heterocycles. The van der Waals surface area contributed by atoms with Gasteiger partial charge >= 0.3 is 5.97 Å². The van der Waals surface area contributed by atoms with E-state index in [-0.39, 0.29) is 6.04 Å². The maximum Gasteiger partial charge on any atom is 0.314 e. The molecule has 2 rings (SSSR count). The highest BCUT2D eigenvalue weighted by Crippen LogP contribution is 2.39. The molecule has 0 radical (unpaired) electrons. The van der Waals surface area contributed by atoms with E-state index >= 15 is 0 Å². The van der Waals surface area contributed by atoms with Crippen LogP contribution >= 0.6 is 0 Å². The molecule has 3 N–H and O–H groups in total. The summed E-state index contributed by atoms with van der Waals surface area (Å²) in [7, 11) is 0. The van der Waals surface area contributed by atoms with Crippen LogP contribution in [0.25, 0.3) is 0 Å². The Balaban J connectivity index is 2.31. The van der Waals surface area contributed by atoms with E-state index in [1.54, 1.807) is 10.9 Å². The largest absolute Gasteiger partial charge is 0.481 e. The van der Waals surface area contributed by atoms with Crippen molar-refractivity contribution in [1.29, 1.82) is 0 Å². The Morgan fingerprint density at radius 3 is 2.76 bits per heavy atom. The molecule has 0 aliphatic heterocycles. The number of carboxylic acid groups (broad SMARTS) is 1. The van der Waals surface area contributed by atoms with E-state index in [1.807, 2.05) is 13.1 Å². The second kappa shape index (κ2) is 4.49. The Labute approximate surface area is 101 Å². The van der Waals surface area contributed by atoms with E-state index in [9.17, 15) is 9.90 Å². The van der Waals surface area contributed by atoms with Crippen molar-refractivity contribution in [1.82, 2.24) is 9.78 Å². The first kappa shape index (κ1) is 12.1. The lowest BCUT2D eigenvalue weighted by atomic mass is 9.69. The topological polar surface area (TPSA) is 81.1 Å². The molecule has 17 heavy (non-hydrogen) atoms. The first-order chi connectivity index (χ1) is 8.08. The summed E-state index contributed by atoms with van der Waals surface area (Å²) in [5.74, 6) is -0.750. The summed E-state index contributed by atoms with van der Waals surface area (Å²) in [5, 5.41) is 13.7. The van der Waals surface area contributed by atoms with Gasteiger partial charge in [0.25, 0.3) is 0 Å². The lowest BCUT2D eigenvalue weighted by molar-refractivity contribution is -0.145. The van der Waals surface area contributed by atoms with Crippen LogP contribution in [0.1, 0.15) is 38.2 Å². The van der Waals surface area contributed by atoms with Crippen molar-refractivity contribution in [3.63, 3.8) is 0 Å². The molecule has 0 amide bonds. The van der Waals surface area contributed by atoms with Crippen LogP contribution in [0.15, 0.2) is 12.4 Å². The van der Waals surface area contributed by atoms with Crippen LogP contribution in [0.2, 0.25) is 0 Å². The molecule has 0 unspecified atom stereocenters. The van der Waals surface area contributed by atoms with Gasteiger partial charge in [-0.15, -0.1) is 0 Å². The number of carbonyl (C=O) groups is 1. The predicted molar refractivity (Wildman–Crippen MR) is 63.7 cm³/mol. The number of aliphatic carboxylic acids is 1. The van der Waals surface area contributed by atoms with E-state index in [1.165, 1.54) is 0 Å². The number of hydrogen-bond donors (Lipinski definition) is 2.